The first-order valence-electron chi connectivity index (χ1n) is 9.87. The zero-order valence-corrected chi connectivity index (χ0v) is 16.8. The molecule has 0 atom stereocenters. The molecule has 0 heterocycles. The van der Waals surface area contributed by atoms with Crippen molar-refractivity contribution < 1.29 is 14.3 Å². The summed E-state index contributed by atoms with van der Waals surface area (Å²) in [7, 11) is 4.25. The smallest absolute Gasteiger partial charge is 0.251 e. The van der Waals surface area contributed by atoms with E-state index in [1.807, 2.05) is 19.9 Å². The molecule has 0 spiro atoms. The van der Waals surface area contributed by atoms with Crippen LogP contribution in [0.25, 0.3) is 0 Å². The molecule has 0 aliphatic heterocycles. The molecule has 0 unspecified atom stereocenters. The second-order valence-electron chi connectivity index (χ2n) is 7.24. The van der Waals surface area contributed by atoms with Crippen LogP contribution in [0.4, 0.5) is 0 Å². The Morgan fingerprint density at radius 2 is 1.65 bits per heavy atom. The number of carbonyl (C=O) groups is 1. The number of hydrogen-bond acceptors (Lipinski definition) is 4. The number of carbonyl (C=O) groups excluding carboxylic acids is 1. The molecule has 0 saturated heterocycles. The van der Waals surface area contributed by atoms with Crippen LogP contribution in [0.5, 0.6) is 11.5 Å². The summed E-state index contributed by atoms with van der Waals surface area (Å²) in [6.07, 6.45) is 7.30. The largest absolute Gasteiger partial charge is 0.490 e. The molecule has 1 aromatic carbocycles. The summed E-state index contributed by atoms with van der Waals surface area (Å²) >= 11 is 0. The van der Waals surface area contributed by atoms with Crippen molar-refractivity contribution in [2.75, 3.05) is 33.9 Å². The standard InChI is InChI=1S/C21H34N2O3/c1-5-25-18-12-11-17(15-19(18)26-6-2)20(24)22-16-21(23(3)4)13-9-7-8-10-14-21/h11-12,15H,5-10,13-14,16H2,1-4H3,(H,22,24). The van der Waals surface area contributed by atoms with Crippen LogP contribution in [0.1, 0.15) is 62.7 Å². The van der Waals surface area contributed by atoms with Crippen molar-refractivity contribution in [3.63, 3.8) is 0 Å². The van der Waals surface area contributed by atoms with E-state index in [1.54, 1.807) is 12.1 Å². The number of benzene rings is 1. The van der Waals surface area contributed by atoms with E-state index in [0.29, 0.717) is 36.8 Å². The van der Waals surface area contributed by atoms with E-state index in [4.69, 9.17) is 9.47 Å². The number of nitrogens with one attached hydrogen (secondary N) is 1. The molecule has 0 bridgehead atoms. The second-order valence-corrected chi connectivity index (χ2v) is 7.24. The summed E-state index contributed by atoms with van der Waals surface area (Å²) in [5.74, 6) is 1.25. The van der Waals surface area contributed by atoms with Crippen molar-refractivity contribution in [2.24, 2.45) is 0 Å². The van der Waals surface area contributed by atoms with E-state index in [9.17, 15) is 4.79 Å². The van der Waals surface area contributed by atoms with Crippen LogP contribution in [0, 0.1) is 0 Å². The van der Waals surface area contributed by atoms with Crippen LogP contribution < -0.4 is 14.8 Å². The van der Waals surface area contributed by atoms with Crippen molar-refractivity contribution in [1.82, 2.24) is 10.2 Å². The normalized spacial score (nSPS) is 16.8. The van der Waals surface area contributed by atoms with Gasteiger partial charge < -0.3 is 19.7 Å². The summed E-state index contributed by atoms with van der Waals surface area (Å²) < 4.78 is 11.2. The average Bonchev–Trinajstić information content (AvgIpc) is 2.88. The first-order chi connectivity index (χ1) is 12.5. The molecule has 1 fully saturated rings. The summed E-state index contributed by atoms with van der Waals surface area (Å²) in [5.41, 5.74) is 0.666. The predicted octanol–water partition coefficient (Wildman–Crippen LogP) is 3.87. The Morgan fingerprint density at radius 1 is 1.04 bits per heavy atom. The van der Waals surface area contributed by atoms with Crippen LogP contribution in [-0.2, 0) is 0 Å². The van der Waals surface area contributed by atoms with Crippen LogP contribution in [0.15, 0.2) is 18.2 Å². The highest BCUT2D eigenvalue weighted by Gasteiger charge is 2.33. The van der Waals surface area contributed by atoms with E-state index in [0.717, 1.165) is 12.8 Å². The highest BCUT2D eigenvalue weighted by Crippen LogP contribution is 2.31. The minimum Gasteiger partial charge on any atom is -0.490 e. The summed E-state index contributed by atoms with van der Waals surface area (Å²) in [6, 6.07) is 5.40. The van der Waals surface area contributed by atoms with Crippen LogP contribution in [-0.4, -0.2) is 50.2 Å². The Balaban J connectivity index is 2.09. The molecule has 0 aromatic heterocycles. The molecule has 1 aromatic rings. The van der Waals surface area contributed by atoms with Gasteiger partial charge in [-0.25, -0.2) is 0 Å². The van der Waals surface area contributed by atoms with Gasteiger partial charge in [0.15, 0.2) is 11.5 Å². The lowest BCUT2D eigenvalue weighted by Gasteiger charge is -2.39. The number of hydrogen-bond donors (Lipinski definition) is 1. The Labute approximate surface area is 158 Å². The van der Waals surface area contributed by atoms with E-state index in [-0.39, 0.29) is 11.4 Å². The van der Waals surface area contributed by atoms with Gasteiger partial charge in [-0.15, -0.1) is 0 Å². The van der Waals surface area contributed by atoms with E-state index >= 15 is 0 Å². The SMILES string of the molecule is CCOc1ccc(C(=O)NCC2(N(C)C)CCCCCC2)cc1OCC. The third-order valence-corrected chi connectivity index (χ3v) is 5.37. The number of nitrogens with zero attached hydrogens (tertiary/aromatic N) is 1. The molecule has 1 N–H and O–H groups in total. The fraction of sp³-hybridized carbons (Fsp3) is 0.667. The van der Waals surface area contributed by atoms with Crippen LogP contribution in [0.2, 0.25) is 0 Å². The molecular weight excluding hydrogens is 328 g/mol. The van der Waals surface area contributed by atoms with Gasteiger partial charge >= 0.3 is 0 Å². The van der Waals surface area contributed by atoms with E-state index < -0.39 is 0 Å². The molecule has 1 amide bonds. The van der Waals surface area contributed by atoms with Gasteiger partial charge in [-0.05, 0) is 59.0 Å². The molecule has 2 rings (SSSR count). The Kier molecular flexibility index (Phi) is 7.76. The van der Waals surface area contributed by atoms with Crippen LogP contribution in [0.3, 0.4) is 0 Å². The maximum absolute atomic E-state index is 12.7. The fourth-order valence-electron chi connectivity index (χ4n) is 3.71. The molecule has 1 saturated carbocycles. The molecule has 1 aliphatic carbocycles. The van der Waals surface area contributed by atoms with Gasteiger partial charge in [-0.1, -0.05) is 25.7 Å². The van der Waals surface area contributed by atoms with E-state index in [2.05, 4.69) is 24.3 Å². The van der Waals surface area contributed by atoms with Gasteiger partial charge in [0.2, 0.25) is 0 Å². The Hall–Kier alpha value is -1.75. The van der Waals surface area contributed by atoms with Gasteiger partial charge in [0.25, 0.3) is 5.91 Å². The topological polar surface area (TPSA) is 50.8 Å². The Bertz CT molecular complexity index is 579. The van der Waals surface area contributed by atoms with Gasteiger partial charge in [0.05, 0.1) is 13.2 Å². The molecular formula is C21H34N2O3. The zero-order valence-electron chi connectivity index (χ0n) is 16.8. The first kappa shape index (κ1) is 20.6. The van der Waals surface area contributed by atoms with E-state index in [1.165, 1.54) is 25.7 Å². The molecule has 1 aliphatic rings. The Morgan fingerprint density at radius 3 is 2.23 bits per heavy atom. The summed E-state index contributed by atoms with van der Waals surface area (Å²) in [4.78, 5) is 15.0. The monoisotopic (exact) mass is 362 g/mol. The average molecular weight is 363 g/mol. The quantitative estimate of drug-likeness (QED) is 0.713. The van der Waals surface area contributed by atoms with Gasteiger partial charge in [-0.2, -0.15) is 0 Å². The number of ether oxygens (including phenoxy) is 2. The lowest BCUT2D eigenvalue weighted by molar-refractivity contribution is 0.0868. The van der Waals surface area contributed by atoms with Crippen molar-refractivity contribution >= 4 is 5.91 Å². The van der Waals surface area contributed by atoms with Crippen molar-refractivity contribution in [3.05, 3.63) is 23.8 Å². The van der Waals surface area contributed by atoms with Crippen molar-refractivity contribution in [1.29, 1.82) is 0 Å². The zero-order chi connectivity index (χ0) is 19.0. The predicted molar refractivity (Wildman–Crippen MR) is 105 cm³/mol. The molecule has 146 valence electrons. The van der Waals surface area contributed by atoms with Crippen LogP contribution >= 0.6 is 0 Å². The maximum Gasteiger partial charge on any atom is 0.251 e. The number of rotatable bonds is 8. The van der Waals surface area contributed by atoms with Gasteiger partial charge in [0, 0.05) is 17.6 Å². The number of likely N-dealkylation sites (N-methyl/N-ethyl adjacent to an activating group) is 1. The van der Waals surface area contributed by atoms with Gasteiger partial charge in [-0.3, -0.25) is 4.79 Å². The minimum absolute atomic E-state index is 0.0557. The molecule has 0 radical (unpaired) electrons. The third-order valence-electron chi connectivity index (χ3n) is 5.37. The molecule has 5 heteroatoms. The molecule has 26 heavy (non-hydrogen) atoms. The van der Waals surface area contributed by atoms with Crippen molar-refractivity contribution in [2.45, 2.75) is 57.9 Å². The summed E-state index contributed by atoms with van der Waals surface area (Å²) in [5, 5.41) is 3.16. The highest BCUT2D eigenvalue weighted by molar-refractivity contribution is 5.94. The lowest BCUT2D eigenvalue weighted by atomic mass is 9.88. The lowest BCUT2D eigenvalue weighted by Crippen LogP contribution is -2.52. The highest BCUT2D eigenvalue weighted by atomic mass is 16.5. The molecule has 5 nitrogen and oxygen atoms in total. The third kappa shape index (κ3) is 5.13. The second kappa shape index (κ2) is 9.81. The fourth-order valence-corrected chi connectivity index (χ4v) is 3.71. The number of amides is 1. The minimum atomic E-state index is -0.0560. The van der Waals surface area contributed by atoms with Gasteiger partial charge in [0.1, 0.15) is 0 Å². The maximum atomic E-state index is 12.7. The first-order valence-corrected chi connectivity index (χ1v) is 9.87. The summed E-state index contributed by atoms with van der Waals surface area (Å²) in [6.45, 7) is 5.64. The van der Waals surface area contributed by atoms with Crippen molar-refractivity contribution in [3.8, 4) is 11.5 Å².